The van der Waals surface area contributed by atoms with Gasteiger partial charge in [-0.15, -0.1) is 0 Å². The number of alkyl halides is 1. The van der Waals surface area contributed by atoms with E-state index in [2.05, 4.69) is 20.9 Å². The van der Waals surface area contributed by atoms with Gasteiger partial charge < -0.3 is 14.6 Å². The van der Waals surface area contributed by atoms with E-state index < -0.39 is 0 Å². The number of likely N-dealkylation sites (tertiary alicyclic amines) is 1. The third kappa shape index (κ3) is 2.93. The van der Waals surface area contributed by atoms with Crippen LogP contribution in [-0.4, -0.2) is 41.3 Å². The van der Waals surface area contributed by atoms with Gasteiger partial charge in [-0.3, -0.25) is 4.79 Å². The quantitative estimate of drug-likeness (QED) is 0.842. The van der Waals surface area contributed by atoms with Gasteiger partial charge in [0.05, 0.1) is 7.11 Å². The normalized spacial score (nSPS) is 18.7. The van der Waals surface area contributed by atoms with E-state index >= 15 is 0 Å². The lowest BCUT2D eigenvalue weighted by Crippen LogP contribution is -2.27. The zero-order valence-electron chi connectivity index (χ0n) is 12.1. The van der Waals surface area contributed by atoms with Crippen LogP contribution in [0.25, 0.3) is 10.9 Å². The van der Waals surface area contributed by atoms with Crippen molar-refractivity contribution in [1.29, 1.82) is 0 Å². The second-order valence-corrected chi connectivity index (χ2v) is 6.19. The fourth-order valence-corrected chi connectivity index (χ4v) is 3.35. The Morgan fingerprint density at radius 3 is 3.05 bits per heavy atom. The lowest BCUT2D eigenvalue weighted by atomic mass is 10.1. The summed E-state index contributed by atoms with van der Waals surface area (Å²) in [5.74, 6) is 1.59. The molecule has 1 aromatic carbocycles. The number of carbonyl (C=O) groups is 1. The number of methoxy groups -OCH3 is 1. The lowest BCUT2D eigenvalue weighted by Gasteiger charge is -2.15. The Labute approximate surface area is 132 Å². The molecule has 1 aliphatic heterocycles. The van der Waals surface area contributed by atoms with Crippen LogP contribution in [0.4, 0.5) is 0 Å². The summed E-state index contributed by atoms with van der Waals surface area (Å²) < 4.78 is 5.29. The molecule has 1 N–H and O–H groups in total. The number of H-pyrrole nitrogens is 1. The molecule has 1 aromatic heterocycles. The molecular formula is C16H19BrN2O2. The molecule has 2 aromatic rings. The van der Waals surface area contributed by atoms with Gasteiger partial charge in [-0.1, -0.05) is 15.9 Å². The first-order chi connectivity index (χ1) is 10.2. The molecule has 0 spiro atoms. The predicted octanol–water partition coefficient (Wildman–Crippen LogP) is 2.96. The SMILES string of the molecule is COc1ccc2[nH]cc(CCN3CC(CBr)CC3=O)c2c1. The molecule has 0 bridgehead atoms. The maximum atomic E-state index is 11.9. The highest BCUT2D eigenvalue weighted by Crippen LogP contribution is 2.25. The molecule has 1 unspecified atom stereocenters. The molecule has 1 saturated heterocycles. The van der Waals surface area contributed by atoms with Crippen LogP contribution in [0.3, 0.4) is 0 Å². The van der Waals surface area contributed by atoms with Gasteiger partial charge >= 0.3 is 0 Å². The van der Waals surface area contributed by atoms with Crippen LogP contribution >= 0.6 is 15.9 Å². The number of benzene rings is 1. The first kappa shape index (κ1) is 14.4. The van der Waals surface area contributed by atoms with Crippen molar-refractivity contribution >= 4 is 32.7 Å². The monoisotopic (exact) mass is 350 g/mol. The second-order valence-electron chi connectivity index (χ2n) is 5.54. The number of hydrogen-bond donors (Lipinski definition) is 1. The van der Waals surface area contributed by atoms with E-state index in [1.165, 1.54) is 10.9 Å². The fourth-order valence-electron chi connectivity index (χ4n) is 2.92. The van der Waals surface area contributed by atoms with E-state index in [-0.39, 0.29) is 5.91 Å². The molecule has 1 fully saturated rings. The zero-order valence-corrected chi connectivity index (χ0v) is 13.6. The van der Waals surface area contributed by atoms with Crippen LogP contribution in [0.15, 0.2) is 24.4 Å². The van der Waals surface area contributed by atoms with E-state index in [1.54, 1.807) is 7.11 Å². The maximum Gasteiger partial charge on any atom is 0.222 e. The standard InChI is InChI=1S/C16H19BrN2O2/c1-21-13-2-3-15-14(7-13)12(9-18-15)4-5-19-10-11(8-17)6-16(19)20/h2-3,7,9,11,18H,4-6,8,10H2,1H3. The van der Waals surface area contributed by atoms with Crippen LogP contribution < -0.4 is 4.74 Å². The third-order valence-electron chi connectivity index (χ3n) is 4.14. The Balaban J connectivity index is 1.72. The van der Waals surface area contributed by atoms with Crippen molar-refractivity contribution in [2.75, 3.05) is 25.5 Å². The Bertz CT molecular complexity index is 653. The summed E-state index contributed by atoms with van der Waals surface area (Å²) in [6.07, 6.45) is 3.58. The van der Waals surface area contributed by atoms with Gasteiger partial charge in [0.15, 0.2) is 0 Å². The van der Waals surface area contributed by atoms with Crippen LogP contribution in [-0.2, 0) is 11.2 Å². The minimum atomic E-state index is 0.275. The third-order valence-corrected chi connectivity index (χ3v) is 5.05. The molecule has 1 atom stereocenters. The number of aromatic amines is 1. The molecule has 0 saturated carbocycles. The van der Waals surface area contributed by atoms with Crippen molar-refractivity contribution in [2.24, 2.45) is 5.92 Å². The van der Waals surface area contributed by atoms with E-state index in [1.807, 2.05) is 29.3 Å². The lowest BCUT2D eigenvalue weighted by molar-refractivity contribution is -0.127. The van der Waals surface area contributed by atoms with Crippen molar-refractivity contribution in [2.45, 2.75) is 12.8 Å². The number of halogens is 1. The minimum absolute atomic E-state index is 0.275. The summed E-state index contributed by atoms with van der Waals surface area (Å²) in [6.45, 7) is 1.66. The van der Waals surface area contributed by atoms with Crippen molar-refractivity contribution in [3.63, 3.8) is 0 Å². The van der Waals surface area contributed by atoms with Gasteiger partial charge in [0.25, 0.3) is 0 Å². The van der Waals surface area contributed by atoms with Gasteiger partial charge in [-0.25, -0.2) is 0 Å². The van der Waals surface area contributed by atoms with Gasteiger partial charge in [0, 0.05) is 41.9 Å². The van der Waals surface area contributed by atoms with Crippen LogP contribution in [0, 0.1) is 5.92 Å². The van der Waals surface area contributed by atoms with Crippen molar-refractivity contribution in [3.05, 3.63) is 30.0 Å². The number of fused-ring (bicyclic) bond motifs is 1. The van der Waals surface area contributed by atoms with Gasteiger partial charge in [0.1, 0.15) is 5.75 Å². The minimum Gasteiger partial charge on any atom is -0.497 e. The van der Waals surface area contributed by atoms with E-state index in [9.17, 15) is 4.79 Å². The number of aromatic nitrogens is 1. The van der Waals surface area contributed by atoms with Crippen molar-refractivity contribution in [1.82, 2.24) is 9.88 Å². The van der Waals surface area contributed by atoms with E-state index in [0.717, 1.165) is 36.1 Å². The molecule has 112 valence electrons. The number of ether oxygens (including phenoxy) is 1. The molecule has 0 aliphatic carbocycles. The fraction of sp³-hybridized carbons (Fsp3) is 0.438. The molecule has 5 heteroatoms. The maximum absolute atomic E-state index is 11.9. The number of hydrogen-bond acceptors (Lipinski definition) is 2. The Morgan fingerprint density at radius 2 is 2.33 bits per heavy atom. The number of rotatable bonds is 5. The predicted molar refractivity (Wildman–Crippen MR) is 87.0 cm³/mol. The van der Waals surface area contributed by atoms with Crippen LogP contribution in [0.5, 0.6) is 5.75 Å². The average Bonchev–Trinajstić information content (AvgIpc) is 3.07. The summed E-state index contributed by atoms with van der Waals surface area (Å²) >= 11 is 3.47. The first-order valence-corrected chi connectivity index (χ1v) is 8.31. The van der Waals surface area contributed by atoms with Crippen molar-refractivity contribution in [3.8, 4) is 5.75 Å². The zero-order chi connectivity index (χ0) is 14.8. The Kier molecular flexibility index (Phi) is 4.19. The molecule has 4 nitrogen and oxygen atoms in total. The molecule has 0 radical (unpaired) electrons. The molecule has 21 heavy (non-hydrogen) atoms. The number of nitrogens with one attached hydrogen (secondary N) is 1. The molecular weight excluding hydrogens is 332 g/mol. The summed E-state index contributed by atoms with van der Waals surface area (Å²) in [5, 5.41) is 2.08. The van der Waals surface area contributed by atoms with Crippen molar-refractivity contribution < 1.29 is 9.53 Å². The number of amides is 1. The van der Waals surface area contributed by atoms with E-state index in [4.69, 9.17) is 4.74 Å². The summed E-state index contributed by atoms with van der Waals surface area (Å²) in [5.41, 5.74) is 2.34. The smallest absolute Gasteiger partial charge is 0.222 e. The number of carbonyl (C=O) groups excluding carboxylic acids is 1. The van der Waals surface area contributed by atoms with E-state index in [0.29, 0.717) is 12.3 Å². The summed E-state index contributed by atoms with van der Waals surface area (Å²) in [7, 11) is 1.68. The molecule has 1 amide bonds. The van der Waals surface area contributed by atoms with Crippen LogP contribution in [0.1, 0.15) is 12.0 Å². The second kappa shape index (κ2) is 6.10. The average molecular weight is 351 g/mol. The number of nitrogens with zero attached hydrogens (tertiary/aromatic N) is 1. The highest BCUT2D eigenvalue weighted by molar-refractivity contribution is 9.09. The molecule has 1 aliphatic rings. The van der Waals surface area contributed by atoms with Crippen LogP contribution in [0.2, 0.25) is 0 Å². The molecule has 2 heterocycles. The first-order valence-electron chi connectivity index (χ1n) is 7.19. The molecule has 3 rings (SSSR count). The largest absolute Gasteiger partial charge is 0.497 e. The van der Waals surface area contributed by atoms with Gasteiger partial charge in [-0.2, -0.15) is 0 Å². The Hall–Kier alpha value is -1.49. The van der Waals surface area contributed by atoms with Gasteiger partial charge in [-0.05, 0) is 36.1 Å². The Morgan fingerprint density at radius 1 is 1.48 bits per heavy atom. The van der Waals surface area contributed by atoms with Gasteiger partial charge in [0.2, 0.25) is 5.91 Å². The highest BCUT2D eigenvalue weighted by atomic mass is 79.9. The summed E-state index contributed by atoms with van der Waals surface area (Å²) in [6, 6.07) is 6.03. The summed E-state index contributed by atoms with van der Waals surface area (Å²) in [4.78, 5) is 17.2. The highest BCUT2D eigenvalue weighted by Gasteiger charge is 2.28. The topological polar surface area (TPSA) is 45.3 Å².